The maximum Gasteiger partial charge on any atom is 0.155 e. The number of nitrogens with one attached hydrogen (secondary N) is 1. The summed E-state index contributed by atoms with van der Waals surface area (Å²) in [6.45, 7) is 7.65. The summed E-state index contributed by atoms with van der Waals surface area (Å²) in [6, 6.07) is 5.65. The molecule has 5 nitrogen and oxygen atoms in total. The summed E-state index contributed by atoms with van der Waals surface area (Å²) < 4.78 is 10.9. The van der Waals surface area contributed by atoms with Crippen molar-refractivity contribution in [1.29, 1.82) is 0 Å². The molecule has 1 rings (SSSR count). The lowest BCUT2D eigenvalue weighted by atomic mass is 10.1. The molecule has 0 spiro atoms. The normalized spacial score (nSPS) is 12.1. The van der Waals surface area contributed by atoms with Crippen LogP contribution in [-0.4, -0.2) is 43.3 Å². The molecular weight excluding hydrogens is 282 g/mol. The zero-order chi connectivity index (χ0) is 16.4. The molecule has 1 unspecified atom stereocenters. The van der Waals surface area contributed by atoms with Gasteiger partial charge in [0.2, 0.25) is 0 Å². The molecule has 0 radical (unpaired) electrons. The molecule has 0 heterocycles. The van der Waals surface area contributed by atoms with Gasteiger partial charge in [0.05, 0.1) is 6.61 Å². The first-order valence-electron chi connectivity index (χ1n) is 7.77. The van der Waals surface area contributed by atoms with Gasteiger partial charge >= 0.3 is 0 Å². The van der Waals surface area contributed by atoms with E-state index in [4.69, 9.17) is 9.47 Å². The lowest BCUT2D eigenvalue weighted by Gasteiger charge is -2.13. The van der Waals surface area contributed by atoms with Crippen molar-refractivity contribution >= 4 is 5.78 Å². The largest absolute Gasteiger partial charge is 0.508 e. The van der Waals surface area contributed by atoms with Crippen molar-refractivity contribution in [2.45, 2.75) is 39.7 Å². The number of benzene rings is 1. The molecule has 5 heteroatoms. The fourth-order valence-electron chi connectivity index (χ4n) is 1.90. The number of aromatic hydroxyl groups is 1. The van der Waals surface area contributed by atoms with E-state index < -0.39 is 0 Å². The number of Topliss-reactive ketones (excluding diaryl/α,β-unsaturated/α-hetero) is 1. The quantitative estimate of drug-likeness (QED) is 0.614. The van der Waals surface area contributed by atoms with Gasteiger partial charge < -0.3 is 19.9 Å². The SMILES string of the molecule is CCC(C)NCCOc1cc(O)cc(CCOCC(C)=O)c1. The van der Waals surface area contributed by atoms with Crippen LogP contribution in [0.25, 0.3) is 0 Å². The molecule has 0 fully saturated rings. The Hall–Kier alpha value is -1.59. The summed E-state index contributed by atoms with van der Waals surface area (Å²) in [5, 5.41) is 13.1. The molecule has 0 aliphatic rings. The second kappa shape index (κ2) is 10.2. The molecule has 0 saturated heterocycles. The second-order valence-electron chi connectivity index (χ2n) is 5.45. The van der Waals surface area contributed by atoms with E-state index in [-0.39, 0.29) is 18.1 Å². The van der Waals surface area contributed by atoms with Crippen LogP contribution in [0.15, 0.2) is 18.2 Å². The van der Waals surface area contributed by atoms with Crippen molar-refractivity contribution < 1.29 is 19.4 Å². The third kappa shape index (κ3) is 8.00. The Morgan fingerprint density at radius 1 is 1.32 bits per heavy atom. The monoisotopic (exact) mass is 309 g/mol. The van der Waals surface area contributed by atoms with Crippen LogP contribution in [0.2, 0.25) is 0 Å². The molecule has 124 valence electrons. The Morgan fingerprint density at radius 3 is 2.77 bits per heavy atom. The molecule has 22 heavy (non-hydrogen) atoms. The Labute approximate surface area is 132 Å². The topological polar surface area (TPSA) is 67.8 Å². The molecule has 0 aliphatic heterocycles. The van der Waals surface area contributed by atoms with E-state index in [0.29, 0.717) is 31.4 Å². The van der Waals surface area contributed by atoms with E-state index in [1.54, 1.807) is 12.1 Å². The van der Waals surface area contributed by atoms with Gasteiger partial charge in [-0.05, 0) is 44.4 Å². The predicted molar refractivity (Wildman–Crippen MR) is 86.6 cm³/mol. The number of rotatable bonds is 11. The number of ether oxygens (including phenoxy) is 2. The van der Waals surface area contributed by atoms with Crippen molar-refractivity contribution in [2.24, 2.45) is 0 Å². The van der Waals surface area contributed by atoms with E-state index >= 15 is 0 Å². The van der Waals surface area contributed by atoms with Crippen LogP contribution in [0.1, 0.15) is 32.8 Å². The highest BCUT2D eigenvalue weighted by Crippen LogP contribution is 2.22. The minimum Gasteiger partial charge on any atom is -0.508 e. The number of phenolic OH excluding ortho intramolecular Hbond substituents is 1. The van der Waals surface area contributed by atoms with Crippen molar-refractivity contribution in [1.82, 2.24) is 5.32 Å². The zero-order valence-corrected chi connectivity index (χ0v) is 13.7. The Morgan fingerprint density at radius 2 is 2.09 bits per heavy atom. The summed E-state index contributed by atoms with van der Waals surface area (Å²) >= 11 is 0. The highest BCUT2D eigenvalue weighted by atomic mass is 16.5. The average molecular weight is 309 g/mol. The third-order valence-corrected chi connectivity index (χ3v) is 3.27. The van der Waals surface area contributed by atoms with Crippen molar-refractivity contribution in [2.75, 3.05) is 26.4 Å². The molecule has 0 aliphatic carbocycles. The van der Waals surface area contributed by atoms with Crippen LogP contribution >= 0.6 is 0 Å². The van der Waals surface area contributed by atoms with E-state index in [0.717, 1.165) is 18.5 Å². The predicted octanol–water partition coefficient (Wildman–Crippen LogP) is 2.31. The molecular formula is C17H27NO4. The van der Waals surface area contributed by atoms with Gasteiger partial charge in [0, 0.05) is 18.7 Å². The molecule has 0 bridgehead atoms. The Bertz CT molecular complexity index is 462. The maximum atomic E-state index is 10.8. The summed E-state index contributed by atoms with van der Waals surface area (Å²) in [6.07, 6.45) is 1.71. The number of hydrogen-bond acceptors (Lipinski definition) is 5. The fraction of sp³-hybridized carbons (Fsp3) is 0.588. The van der Waals surface area contributed by atoms with Crippen LogP contribution in [0.4, 0.5) is 0 Å². The van der Waals surface area contributed by atoms with Crippen LogP contribution in [0, 0.1) is 0 Å². The van der Waals surface area contributed by atoms with Crippen molar-refractivity contribution in [3.05, 3.63) is 23.8 Å². The number of ketones is 1. The number of carbonyl (C=O) groups excluding carboxylic acids is 1. The van der Waals surface area contributed by atoms with Gasteiger partial charge in [-0.3, -0.25) is 4.79 Å². The first-order valence-corrected chi connectivity index (χ1v) is 7.77. The Kier molecular flexibility index (Phi) is 8.55. The molecule has 0 amide bonds. The number of phenols is 1. The lowest BCUT2D eigenvalue weighted by molar-refractivity contribution is -0.121. The highest BCUT2D eigenvalue weighted by molar-refractivity contribution is 5.76. The minimum absolute atomic E-state index is 0.00809. The first-order chi connectivity index (χ1) is 10.5. The smallest absolute Gasteiger partial charge is 0.155 e. The molecule has 1 aromatic rings. The molecule has 1 aromatic carbocycles. The van der Waals surface area contributed by atoms with Crippen LogP contribution < -0.4 is 10.1 Å². The van der Waals surface area contributed by atoms with Crippen LogP contribution in [0.3, 0.4) is 0 Å². The molecule has 1 atom stereocenters. The Balaban J connectivity index is 2.39. The maximum absolute atomic E-state index is 10.8. The minimum atomic E-state index is 0.00809. The standard InChI is InChI=1S/C17H27NO4/c1-4-13(2)18-6-8-22-17-10-15(9-16(20)11-17)5-7-21-12-14(3)19/h9-11,13,18,20H,4-8,12H2,1-3H3. The van der Waals surface area contributed by atoms with Gasteiger partial charge in [-0.15, -0.1) is 0 Å². The van der Waals surface area contributed by atoms with Gasteiger partial charge in [-0.1, -0.05) is 6.92 Å². The molecule has 2 N–H and O–H groups in total. The van der Waals surface area contributed by atoms with Crippen molar-refractivity contribution in [3.8, 4) is 11.5 Å². The van der Waals surface area contributed by atoms with Gasteiger partial charge in [0.1, 0.15) is 24.7 Å². The summed E-state index contributed by atoms with van der Waals surface area (Å²) in [4.78, 5) is 10.8. The van der Waals surface area contributed by atoms with E-state index in [1.165, 1.54) is 6.92 Å². The molecule has 0 saturated carbocycles. The fourth-order valence-corrected chi connectivity index (χ4v) is 1.90. The lowest BCUT2D eigenvalue weighted by Crippen LogP contribution is -2.29. The molecule has 0 aromatic heterocycles. The number of hydrogen-bond donors (Lipinski definition) is 2. The zero-order valence-electron chi connectivity index (χ0n) is 13.7. The summed E-state index contributed by atoms with van der Waals surface area (Å²) in [5.74, 6) is 0.829. The highest BCUT2D eigenvalue weighted by Gasteiger charge is 2.03. The average Bonchev–Trinajstić information content (AvgIpc) is 2.47. The first kappa shape index (κ1) is 18.5. The third-order valence-electron chi connectivity index (χ3n) is 3.27. The van der Waals surface area contributed by atoms with Gasteiger partial charge in [-0.25, -0.2) is 0 Å². The second-order valence-corrected chi connectivity index (χ2v) is 5.45. The summed E-state index contributed by atoms with van der Waals surface area (Å²) in [5.41, 5.74) is 0.924. The van der Waals surface area contributed by atoms with Crippen molar-refractivity contribution in [3.63, 3.8) is 0 Å². The summed E-state index contributed by atoms with van der Waals surface area (Å²) in [7, 11) is 0. The van der Waals surface area contributed by atoms with E-state index in [9.17, 15) is 9.90 Å². The van der Waals surface area contributed by atoms with Gasteiger partial charge in [-0.2, -0.15) is 0 Å². The van der Waals surface area contributed by atoms with Crippen LogP contribution in [-0.2, 0) is 16.0 Å². The van der Waals surface area contributed by atoms with Gasteiger partial charge in [0.15, 0.2) is 5.78 Å². The van der Waals surface area contributed by atoms with Gasteiger partial charge in [0.25, 0.3) is 0 Å². The van der Waals surface area contributed by atoms with E-state index in [2.05, 4.69) is 19.2 Å². The number of carbonyl (C=O) groups is 1. The van der Waals surface area contributed by atoms with Crippen LogP contribution in [0.5, 0.6) is 11.5 Å². The van der Waals surface area contributed by atoms with E-state index in [1.807, 2.05) is 6.07 Å².